The van der Waals surface area contributed by atoms with Crippen LogP contribution in [0.4, 0.5) is 5.69 Å². The number of anilines is 1. The molecule has 6 heteroatoms. The number of carbonyl (C=O) groups excluding carboxylic acids is 2. The molecule has 0 aromatic heterocycles. The number of carbonyl (C=O) groups is 2. The van der Waals surface area contributed by atoms with Crippen molar-refractivity contribution in [1.82, 2.24) is 5.32 Å². The van der Waals surface area contributed by atoms with Crippen LogP contribution in [0.1, 0.15) is 42.1 Å². The van der Waals surface area contributed by atoms with Crippen LogP contribution in [0.3, 0.4) is 0 Å². The summed E-state index contributed by atoms with van der Waals surface area (Å²) in [5.41, 5.74) is 2.22. The SMILES string of the molecule is COCCCNC(=O)c1ccc(NC(=O)COc2ccccc2C(C)C)cc1. The third kappa shape index (κ3) is 6.70. The molecule has 0 saturated heterocycles. The van der Waals surface area contributed by atoms with Gasteiger partial charge in [0.1, 0.15) is 5.75 Å². The summed E-state index contributed by atoms with van der Waals surface area (Å²) in [5, 5.41) is 5.60. The number of amides is 2. The van der Waals surface area contributed by atoms with Gasteiger partial charge in [-0.05, 0) is 48.2 Å². The van der Waals surface area contributed by atoms with Crippen LogP contribution >= 0.6 is 0 Å². The Hall–Kier alpha value is -2.86. The van der Waals surface area contributed by atoms with Gasteiger partial charge in [0.2, 0.25) is 0 Å². The Labute approximate surface area is 166 Å². The van der Waals surface area contributed by atoms with Crippen LogP contribution in [0, 0.1) is 0 Å². The second-order valence-corrected chi connectivity index (χ2v) is 6.71. The highest BCUT2D eigenvalue weighted by Crippen LogP contribution is 2.25. The Bertz CT molecular complexity index is 772. The highest BCUT2D eigenvalue weighted by atomic mass is 16.5. The van der Waals surface area contributed by atoms with Crippen molar-refractivity contribution < 1.29 is 19.1 Å². The highest BCUT2D eigenvalue weighted by molar-refractivity contribution is 5.96. The molecule has 2 aromatic rings. The van der Waals surface area contributed by atoms with Crippen LogP contribution in [0.5, 0.6) is 5.75 Å². The molecule has 2 aromatic carbocycles. The zero-order valence-electron chi connectivity index (χ0n) is 16.7. The van der Waals surface area contributed by atoms with Gasteiger partial charge in [0, 0.05) is 31.5 Å². The number of hydrogen-bond acceptors (Lipinski definition) is 4. The number of nitrogens with one attached hydrogen (secondary N) is 2. The number of ether oxygens (including phenoxy) is 2. The molecule has 0 aliphatic carbocycles. The first-order valence-electron chi connectivity index (χ1n) is 9.40. The maximum atomic E-state index is 12.2. The second kappa shape index (κ2) is 11.1. The molecule has 2 rings (SSSR count). The molecule has 0 atom stereocenters. The molecule has 0 aliphatic heterocycles. The van der Waals surface area contributed by atoms with E-state index in [4.69, 9.17) is 9.47 Å². The third-order valence-electron chi connectivity index (χ3n) is 4.14. The minimum absolute atomic E-state index is 0.0779. The molecule has 2 N–H and O–H groups in total. The number of methoxy groups -OCH3 is 1. The molecule has 2 amide bonds. The molecule has 150 valence electrons. The maximum absolute atomic E-state index is 12.2. The van der Waals surface area contributed by atoms with Gasteiger partial charge in [-0.15, -0.1) is 0 Å². The zero-order chi connectivity index (χ0) is 20.4. The van der Waals surface area contributed by atoms with E-state index < -0.39 is 0 Å². The van der Waals surface area contributed by atoms with Gasteiger partial charge in [-0.2, -0.15) is 0 Å². The fraction of sp³-hybridized carbons (Fsp3) is 0.364. The first kappa shape index (κ1) is 21.4. The predicted octanol–water partition coefficient (Wildman–Crippen LogP) is 3.59. The molecule has 0 saturated carbocycles. The topological polar surface area (TPSA) is 76.7 Å². The van der Waals surface area contributed by atoms with E-state index in [0.29, 0.717) is 36.1 Å². The van der Waals surface area contributed by atoms with Gasteiger partial charge >= 0.3 is 0 Å². The third-order valence-corrected chi connectivity index (χ3v) is 4.14. The standard InChI is InChI=1S/C22H28N2O4/c1-16(2)19-7-4-5-8-20(19)28-15-21(25)24-18-11-9-17(10-12-18)22(26)23-13-6-14-27-3/h4-5,7-12,16H,6,13-15H2,1-3H3,(H,23,26)(H,24,25). The normalized spacial score (nSPS) is 10.6. The summed E-state index contributed by atoms with van der Waals surface area (Å²) in [6.07, 6.45) is 0.760. The van der Waals surface area contributed by atoms with Crippen molar-refractivity contribution in [2.75, 3.05) is 32.2 Å². The second-order valence-electron chi connectivity index (χ2n) is 6.71. The van der Waals surface area contributed by atoms with E-state index in [1.165, 1.54) is 0 Å². The number of rotatable bonds is 10. The van der Waals surface area contributed by atoms with E-state index in [1.54, 1.807) is 31.4 Å². The van der Waals surface area contributed by atoms with Crippen molar-refractivity contribution in [1.29, 1.82) is 0 Å². The highest BCUT2D eigenvalue weighted by Gasteiger charge is 2.10. The molecule has 0 spiro atoms. The molecule has 0 bridgehead atoms. The smallest absolute Gasteiger partial charge is 0.262 e. The Morgan fingerprint density at radius 2 is 1.75 bits per heavy atom. The molecular weight excluding hydrogens is 356 g/mol. The lowest BCUT2D eigenvalue weighted by atomic mass is 10.0. The van der Waals surface area contributed by atoms with Crippen molar-refractivity contribution in [2.24, 2.45) is 0 Å². The summed E-state index contributed by atoms with van der Waals surface area (Å²) in [5.74, 6) is 0.624. The summed E-state index contributed by atoms with van der Waals surface area (Å²) >= 11 is 0. The van der Waals surface area contributed by atoms with Crippen molar-refractivity contribution >= 4 is 17.5 Å². The Kier molecular flexibility index (Phi) is 8.49. The van der Waals surface area contributed by atoms with Gasteiger partial charge in [0.05, 0.1) is 0 Å². The molecular formula is C22H28N2O4. The average Bonchev–Trinajstić information content (AvgIpc) is 2.70. The molecule has 28 heavy (non-hydrogen) atoms. The van der Waals surface area contributed by atoms with Crippen LogP contribution in [0.2, 0.25) is 0 Å². The van der Waals surface area contributed by atoms with Gasteiger partial charge in [0.15, 0.2) is 6.61 Å². The van der Waals surface area contributed by atoms with Crippen LogP contribution in [-0.2, 0) is 9.53 Å². The van der Waals surface area contributed by atoms with Crippen molar-refractivity contribution in [3.8, 4) is 5.75 Å². The fourth-order valence-electron chi connectivity index (χ4n) is 2.65. The van der Waals surface area contributed by atoms with Gasteiger partial charge in [-0.25, -0.2) is 0 Å². The number of para-hydroxylation sites is 1. The number of benzene rings is 2. The molecule has 0 unspecified atom stereocenters. The predicted molar refractivity (Wildman–Crippen MR) is 110 cm³/mol. The van der Waals surface area contributed by atoms with E-state index in [-0.39, 0.29) is 18.4 Å². The van der Waals surface area contributed by atoms with E-state index in [0.717, 1.165) is 12.0 Å². The lowest BCUT2D eigenvalue weighted by Gasteiger charge is -2.13. The van der Waals surface area contributed by atoms with Gasteiger partial charge in [-0.1, -0.05) is 32.0 Å². The first-order valence-corrected chi connectivity index (χ1v) is 9.40. The minimum Gasteiger partial charge on any atom is -0.483 e. The maximum Gasteiger partial charge on any atom is 0.262 e. The lowest BCUT2D eigenvalue weighted by molar-refractivity contribution is -0.118. The Morgan fingerprint density at radius 1 is 1.04 bits per heavy atom. The number of hydrogen-bond donors (Lipinski definition) is 2. The Morgan fingerprint density at radius 3 is 2.43 bits per heavy atom. The van der Waals surface area contributed by atoms with E-state index >= 15 is 0 Å². The summed E-state index contributed by atoms with van der Waals surface area (Å²) in [4.78, 5) is 24.2. The summed E-state index contributed by atoms with van der Waals surface area (Å²) in [7, 11) is 1.63. The van der Waals surface area contributed by atoms with Crippen LogP contribution in [-0.4, -0.2) is 38.7 Å². The fourth-order valence-corrected chi connectivity index (χ4v) is 2.65. The zero-order valence-corrected chi connectivity index (χ0v) is 16.7. The van der Waals surface area contributed by atoms with Crippen LogP contribution in [0.25, 0.3) is 0 Å². The summed E-state index contributed by atoms with van der Waals surface area (Å²) < 4.78 is 10.6. The first-order chi connectivity index (χ1) is 13.5. The summed E-state index contributed by atoms with van der Waals surface area (Å²) in [6, 6.07) is 14.5. The van der Waals surface area contributed by atoms with Gasteiger partial charge in [-0.3, -0.25) is 9.59 Å². The van der Waals surface area contributed by atoms with Crippen molar-refractivity contribution in [3.63, 3.8) is 0 Å². The van der Waals surface area contributed by atoms with Crippen molar-refractivity contribution in [2.45, 2.75) is 26.2 Å². The largest absolute Gasteiger partial charge is 0.483 e. The van der Waals surface area contributed by atoms with Crippen LogP contribution in [0.15, 0.2) is 48.5 Å². The summed E-state index contributed by atoms with van der Waals surface area (Å²) in [6.45, 7) is 5.25. The Balaban J connectivity index is 1.83. The molecule has 0 aliphatic rings. The quantitative estimate of drug-likeness (QED) is 0.614. The van der Waals surface area contributed by atoms with Gasteiger partial charge in [0.25, 0.3) is 11.8 Å². The molecule has 0 fully saturated rings. The van der Waals surface area contributed by atoms with E-state index in [1.807, 2.05) is 24.3 Å². The molecule has 0 radical (unpaired) electrons. The van der Waals surface area contributed by atoms with Gasteiger partial charge < -0.3 is 20.1 Å². The van der Waals surface area contributed by atoms with Crippen LogP contribution < -0.4 is 15.4 Å². The lowest BCUT2D eigenvalue weighted by Crippen LogP contribution is -2.25. The monoisotopic (exact) mass is 384 g/mol. The van der Waals surface area contributed by atoms with Crippen molar-refractivity contribution in [3.05, 3.63) is 59.7 Å². The minimum atomic E-state index is -0.254. The molecule has 6 nitrogen and oxygen atoms in total. The van der Waals surface area contributed by atoms with E-state index in [9.17, 15) is 9.59 Å². The average molecular weight is 384 g/mol. The molecule has 0 heterocycles. The van der Waals surface area contributed by atoms with E-state index in [2.05, 4.69) is 24.5 Å².